The Labute approximate surface area is 114 Å². The van der Waals surface area contributed by atoms with Gasteiger partial charge in [0.05, 0.1) is 27.1 Å². The second-order valence-corrected chi connectivity index (χ2v) is 5.82. The molecule has 0 aliphatic heterocycles. The number of benzene rings is 1. The van der Waals surface area contributed by atoms with E-state index in [9.17, 15) is 8.42 Å². The Bertz CT molecular complexity index is 496. The lowest BCUT2D eigenvalue weighted by molar-refractivity contribution is 0.312. The van der Waals surface area contributed by atoms with Gasteiger partial charge in [-0.25, -0.2) is 0 Å². The molecule has 0 bridgehead atoms. The average Bonchev–Trinajstić information content (AvgIpc) is 2.36. The number of aryl methyl sites for hydroxylation is 1. The second-order valence-electron chi connectivity index (χ2n) is 4.17. The van der Waals surface area contributed by atoms with E-state index in [2.05, 4.69) is 4.18 Å². The van der Waals surface area contributed by atoms with E-state index in [1.807, 2.05) is 18.2 Å². The van der Waals surface area contributed by atoms with Crippen LogP contribution in [-0.2, 0) is 20.7 Å². The summed E-state index contributed by atoms with van der Waals surface area (Å²) in [7, 11) is -0.129. The minimum absolute atomic E-state index is 0.228. The minimum Gasteiger partial charge on any atom is -0.493 e. The molecule has 0 N–H and O–H groups in total. The molecular weight excluding hydrogens is 268 g/mol. The molecule has 0 saturated heterocycles. The fourth-order valence-corrected chi connectivity index (χ4v) is 2.10. The highest BCUT2D eigenvalue weighted by Crippen LogP contribution is 2.28. The van der Waals surface area contributed by atoms with Crippen molar-refractivity contribution in [3.8, 4) is 11.5 Å². The zero-order chi connectivity index (χ0) is 14.3. The summed E-state index contributed by atoms with van der Waals surface area (Å²) in [5, 5.41) is 0. The summed E-state index contributed by atoms with van der Waals surface area (Å²) in [4.78, 5) is 0. The molecule has 0 saturated carbocycles. The summed E-state index contributed by atoms with van der Waals surface area (Å²) in [6.45, 7) is 0.228. The molecule has 0 aliphatic rings. The van der Waals surface area contributed by atoms with E-state index < -0.39 is 10.1 Å². The van der Waals surface area contributed by atoms with Crippen LogP contribution in [0.1, 0.15) is 18.4 Å². The molecular formula is C13H20O5S. The molecule has 0 atom stereocenters. The Balaban J connectivity index is 2.41. The van der Waals surface area contributed by atoms with E-state index in [1.54, 1.807) is 14.2 Å². The topological polar surface area (TPSA) is 61.8 Å². The van der Waals surface area contributed by atoms with Crippen molar-refractivity contribution >= 4 is 10.1 Å². The Morgan fingerprint density at radius 1 is 1.05 bits per heavy atom. The van der Waals surface area contributed by atoms with Gasteiger partial charge < -0.3 is 9.47 Å². The number of unbranched alkanes of at least 4 members (excludes halogenated alkanes) is 1. The molecule has 0 unspecified atom stereocenters. The van der Waals surface area contributed by atoms with Gasteiger partial charge in [0.15, 0.2) is 11.5 Å². The van der Waals surface area contributed by atoms with Crippen molar-refractivity contribution in [2.75, 3.05) is 27.1 Å². The number of hydrogen-bond acceptors (Lipinski definition) is 5. The normalized spacial score (nSPS) is 11.3. The smallest absolute Gasteiger partial charge is 0.264 e. The summed E-state index contributed by atoms with van der Waals surface area (Å²) in [6, 6.07) is 5.76. The fraction of sp³-hybridized carbons (Fsp3) is 0.538. The lowest BCUT2D eigenvalue weighted by atomic mass is 10.1. The highest BCUT2D eigenvalue weighted by atomic mass is 32.2. The predicted molar refractivity (Wildman–Crippen MR) is 73.3 cm³/mol. The van der Waals surface area contributed by atoms with Gasteiger partial charge in [-0.05, 0) is 37.0 Å². The molecule has 0 aliphatic carbocycles. The van der Waals surface area contributed by atoms with Crippen LogP contribution in [0.5, 0.6) is 11.5 Å². The molecule has 0 heterocycles. The van der Waals surface area contributed by atoms with Crippen molar-refractivity contribution in [1.29, 1.82) is 0 Å². The predicted octanol–water partition coefficient (Wildman–Crippen LogP) is 2.00. The maximum Gasteiger partial charge on any atom is 0.264 e. The molecule has 0 aromatic heterocycles. The molecule has 1 aromatic carbocycles. The van der Waals surface area contributed by atoms with E-state index in [0.717, 1.165) is 24.7 Å². The summed E-state index contributed by atoms with van der Waals surface area (Å²) in [5.41, 5.74) is 1.12. The Hall–Kier alpha value is -1.27. The number of methoxy groups -OCH3 is 2. The Morgan fingerprint density at radius 2 is 1.74 bits per heavy atom. The van der Waals surface area contributed by atoms with Crippen molar-refractivity contribution in [2.45, 2.75) is 19.3 Å². The lowest BCUT2D eigenvalue weighted by Crippen LogP contribution is -2.04. The Morgan fingerprint density at radius 3 is 2.32 bits per heavy atom. The van der Waals surface area contributed by atoms with Crippen molar-refractivity contribution in [2.24, 2.45) is 0 Å². The standard InChI is InChI=1S/C13H20O5S/c1-16-12-8-7-11(10-13(12)17-2)6-4-5-9-18-19(3,14)15/h7-8,10H,4-6,9H2,1-3H3. The van der Waals surface area contributed by atoms with E-state index in [4.69, 9.17) is 9.47 Å². The van der Waals surface area contributed by atoms with Crippen molar-refractivity contribution in [3.63, 3.8) is 0 Å². The van der Waals surface area contributed by atoms with E-state index in [-0.39, 0.29) is 6.61 Å². The highest BCUT2D eigenvalue weighted by molar-refractivity contribution is 7.85. The van der Waals surface area contributed by atoms with E-state index in [1.165, 1.54) is 0 Å². The van der Waals surface area contributed by atoms with Crippen molar-refractivity contribution in [3.05, 3.63) is 23.8 Å². The molecule has 0 radical (unpaired) electrons. The molecule has 1 rings (SSSR count). The molecule has 108 valence electrons. The zero-order valence-corrected chi connectivity index (χ0v) is 12.3. The summed E-state index contributed by atoms with van der Waals surface area (Å²) in [5.74, 6) is 1.40. The van der Waals surface area contributed by atoms with E-state index >= 15 is 0 Å². The molecule has 6 heteroatoms. The van der Waals surface area contributed by atoms with Crippen LogP contribution >= 0.6 is 0 Å². The van der Waals surface area contributed by atoms with Gasteiger partial charge in [-0.2, -0.15) is 8.42 Å². The van der Waals surface area contributed by atoms with Gasteiger partial charge in [-0.1, -0.05) is 6.07 Å². The van der Waals surface area contributed by atoms with Crippen LogP contribution < -0.4 is 9.47 Å². The largest absolute Gasteiger partial charge is 0.493 e. The maximum absolute atomic E-state index is 10.8. The van der Waals surface area contributed by atoms with Crippen LogP contribution in [0, 0.1) is 0 Å². The molecule has 0 fully saturated rings. The molecule has 5 nitrogen and oxygen atoms in total. The molecule has 1 aromatic rings. The fourth-order valence-electron chi connectivity index (χ4n) is 1.68. The second kappa shape index (κ2) is 7.35. The van der Waals surface area contributed by atoms with Gasteiger partial charge in [-0.3, -0.25) is 4.18 Å². The van der Waals surface area contributed by atoms with Crippen LogP contribution in [0.25, 0.3) is 0 Å². The van der Waals surface area contributed by atoms with Gasteiger partial charge in [0.25, 0.3) is 10.1 Å². The number of ether oxygens (including phenoxy) is 2. The third-order valence-electron chi connectivity index (χ3n) is 2.61. The average molecular weight is 288 g/mol. The van der Waals surface area contributed by atoms with Gasteiger partial charge in [-0.15, -0.1) is 0 Å². The zero-order valence-electron chi connectivity index (χ0n) is 11.5. The quantitative estimate of drug-likeness (QED) is 0.541. The summed E-state index contributed by atoms with van der Waals surface area (Å²) in [6.07, 6.45) is 3.45. The SMILES string of the molecule is COc1ccc(CCCCOS(C)(=O)=O)cc1OC. The number of hydrogen-bond donors (Lipinski definition) is 0. The van der Waals surface area contributed by atoms with Gasteiger partial charge in [0.2, 0.25) is 0 Å². The summed E-state index contributed by atoms with van der Waals surface area (Å²) >= 11 is 0. The Kier molecular flexibility index (Phi) is 6.11. The van der Waals surface area contributed by atoms with Gasteiger partial charge in [0, 0.05) is 0 Å². The molecule has 0 spiro atoms. The lowest BCUT2D eigenvalue weighted by Gasteiger charge is -2.09. The molecule has 0 amide bonds. The van der Waals surface area contributed by atoms with Crippen molar-refractivity contribution in [1.82, 2.24) is 0 Å². The van der Waals surface area contributed by atoms with Crippen LogP contribution in [0.2, 0.25) is 0 Å². The monoisotopic (exact) mass is 288 g/mol. The minimum atomic E-state index is -3.33. The van der Waals surface area contributed by atoms with E-state index in [0.29, 0.717) is 17.9 Å². The first kappa shape index (κ1) is 15.8. The maximum atomic E-state index is 10.8. The summed E-state index contributed by atoms with van der Waals surface area (Å²) < 4.78 is 36.6. The molecule has 19 heavy (non-hydrogen) atoms. The highest BCUT2D eigenvalue weighted by Gasteiger charge is 2.05. The first-order valence-electron chi connectivity index (χ1n) is 6.01. The first-order valence-corrected chi connectivity index (χ1v) is 7.83. The first-order chi connectivity index (χ1) is 8.96. The van der Waals surface area contributed by atoms with Crippen LogP contribution in [-0.4, -0.2) is 35.5 Å². The van der Waals surface area contributed by atoms with Crippen LogP contribution in [0.4, 0.5) is 0 Å². The van der Waals surface area contributed by atoms with Crippen molar-refractivity contribution < 1.29 is 22.1 Å². The number of rotatable bonds is 8. The third kappa shape index (κ3) is 5.94. The third-order valence-corrected chi connectivity index (χ3v) is 3.20. The van der Waals surface area contributed by atoms with Crippen LogP contribution in [0.3, 0.4) is 0 Å². The van der Waals surface area contributed by atoms with Gasteiger partial charge in [0.1, 0.15) is 0 Å². The van der Waals surface area contributed by atoms with Gasteiger partial charge >= 0.3 is 0 Å². The van der Waals surface area contributed by atoms with Crippen LogP contribution in [0.15, 0.2) is 18.2 Å².